The lowest BCUT2D eigenvalue weighted by atomic mass is 9.89. The van der Waals surface area contributed by atoms with E-state index in [-0.39, 0.29) is 5.91 Å². The lowest BCUT2D eigenvalue weighted by Gasteiger charge is -2.30. The summed E-state index contributed by atoms with van der Waals surface area (Å²) in [7, 11) is 0. The molecule has 1 amide bonds. The summed E-state index contributed by atoms with van der Waals surface area (Å²) in [5.41, 5.74) is 0. The molecule has 0 aromatic rings. The summed E-state index contributed by atoms with van der Waals surface area (Å²) in [5.74, 6) is 0.570. The third kappa shape index (κ3) is 4.83. The van der Waals surface area contributed by atoms with E-state index in [9.17, 15) is 18.0 Å². The van der Waals surface area contributed by atoms with E-state index >= 15 is 0 Å². The first-order valence-corrected chi connectivity index (χ1v) is 8.72. The molecule has 0 radical (unpaired) electrons. The SMILES string of the molecule is O=C(CC1CC2CCC(C1)N2)N1CCCN(CC(F)(F)F)CC1. The van der Waals surface area contributed by atoms with Crippen LogP contribution in [0.3, 0.4) is 0 Å². The molecule has 0 aliphatic carbocycles. The fourth-order valence-electron chi connectivity index (χ4n) is 4.35. The lowest BCUT2D eigenvalue weighted by Crippen LogP contribution is -2.41. The van der Waals surface area contributed by atoms with Crippen molar-refractivity contribution < 1.29 is 18.0 Å². The second-order valence-corrected chi connectivity index (χ2v) is 7.31. The summed E-state index contributed by atoms with van der Waals surface area (Å²) in [6, 6.07) is 1.14. The molecule has 3 rings (SSSR count). The van der Waals surface area contributed by atoms with Crippen molar-refractivity contribution in [2.24, 2.45) is 5.92 Å². The second-order valence-electron chi connectivity index (χ2n) is 7.31. The number of carbonyl (C=O) groups is 1. The molecule has 3 fully saturated rings. The smallest absolute Gasteiger partial charge is 0.341 e. The van der Waals surface area contributed by atoms with Crippen molar-refractivity contribution >= 4 is 5.91 Å². The second kappa shape index (κ2) is 6.97. The van der Waals surface area contributed by atoms with Gasteiger partial charge in [0.2, 0.25) is 5.91 Å². The zero-order valence-electron chi connectivity index (χ0n) is 13.4. The largest absolute Gasteiger partial charge is 0.401 e. The first-order valence-electron chi connectivity index (χ1n) is 8.72. The van der Waals surface area contributed by atoms with Crippen LogP contribution in [0.15, 0.2) is 0 Å². The van der Waals surface area contributed by atoms with Crippen molar-refractivity contribution in [1.82, 2.24) is 15.1 Å². The van der Waals surface area contributed by atoms with Crippen molar-refractivity contribution in [3.05, 3.63) is 0 Å². The summed E-state index contributed by atoms with van der Waals surface area (Å²) in [6.45, 7) is 0.883. The molecule has 132 valence electrons. The molecule has 23 heavy (non-hydrogen) atoms. The van der Waals surface area contributed by atoms with Crippen LogP contribution < -0.4 is 5.32 Å². The zero-order chi connectivity index (χ0) is 16.4. The minimum absolute atomic E-state index is 0.130. The number of alkyl halides is 3. The highest BCUT2D eigenvalue weighted by Gasteiger charge is 2.35. The molecule has 4 nitrogen and oxygen atoms in total. The maximum atomic E-state index is 12.5. The van der Waals surface area contributed by atoms with Gasteiger partial charge in [0.05, 0.1) is 6.54 Å². The third-order valence-electron chi connectivity index (χ3n) is 5.38. The molecule has 3 saturated heterocycles. The Bertz CT molecular complexity index is 417. The van der Waals surface area contributed by atoms with Crippen molar-refractivity contribution in [3.8, 4) is 0 Å². The average Bonchev–Trinajstić information content (AvgIpc) is 2.67. The van der Waals surface area contributed by atoms with Crippen LogP contribution in [-0.2, 0) is 4.79 Å². The van der Waals surface area contributed by atoms with Crippen molar-refractivity contribution in [2.75, 3.05) is 32.7 Å². The van der Waals surface area contributed by atoms with Crippen LogP contribution in [0, 0.1) is 5.92 Å². The monoisotopic (exact) mass is 333 g/mol. The van der Waals surface area contributed by atoms with Crippen LogP contribution >= 0.6 is 0 Å². The van der Waals surface area contributed by atoms with Crippen LogP contribution in [0.4, 0.5) is 13.2 Å². The van der Waals surface area contributed by atoms with E-state index in [1.54, 1.807) is 4.90 Å². The van der Waals surface area contributed by atoms with Gasteiger partial charge in [-0.25, -0.2) is 0 Å². The molecule has 2 unspecified atom stereocenters. The van der Waals surface area contributed by atoms with Gasteiger partial charge in [-0.05, 0) is 38.0 Å². The Hall–Kier alpha value is -0.820. The number of fused-ring (bicyclic) bond motifs is 2. The Labute approximate surface area is 135 Å². The first kappa shape index (κ1) is 17.0. The quantitative estimate of drug-likeness (QED) is 0.858. The highest BCUT2D eigenvalue weighted by molar-refractivity contribution is 5.76. The Morgan fingerprint density at radius 3 is 2.39 bits per heavy atom. The van der Waals surface area contributed by atoms with Gasteiger partial charge in [-0.3, -0.25) is 9.69 Å². The fraction of sp³-hybridized carbons (Fsp3) is 0.938. The highest BCUT2D eigenvalue weighted by Crippen LogP contribution is 2.33. The number of nitrogens with zero attached hydrogens (tertiary/aromatic N) is 2. The van der Waals surface area contributed by atoms with Crippen molar-refractivity contribution in [3.63, 3.8) is 0 Å². The number of nitrogens with one attached hydrogen (secondary N) is 1. The molecule has 0 saturated carbocycles. The summed E-state index contributed by atoms with van der Waals surface area (Å²) in [6.07, 6.45) is 1.59. The molecule has 7 heteroatoms. The van der Waals surface area contributed by atoms with Gasteiger partial charge in [0.1, 0.15) is 0 Å². The number of amides is 1. The Kier molecular flexibility index (Phi) is 5.16. The minimum atomic E-state index is -4.16. The average molecular weight is 333 g/mol. The van der Waals surface area contributed by atoms with E-state index in [4.69, 9.17) is 0 Å². The molecule has 3 aliphatic heterocycles. The zero-order valence-corrected chi connectivity index (χ0v) is 13.4. The molecular formula is C16H26F3N3O. The van der Waals surface area contributed by atoms with Gasteiger partial charge in [0, 0.05) is 44.7 Å². The number of piperidine rings is 1. The summed E-state index contributed by atoms with van der Waals surface area (Å²) >= 11 is 0. The standard InChI is InChI=1S/C16H26F3N3O/c17-16(18,19)11-21-4-1-5-22(7-6-21)15(23)10-12-8-13-2-3-14(9-12)20-13/h12-14,20H,1-11H2. The molecule has 2 atom stereocenters. The van der Waals surface area contributed by atoms with Gasteiger partial charge in [-0.1, -0.05) is 0 Å². The number of hydrogen-bond donors (Lipinski definition) is 1. The van der Waals surface area contributed by atoms with Gasteiger partial charge in [0.15, 0.2) is 0 Å². The van der Waals surface area contributed by atoms with E-state index in [0.717, 1.165) is 12.8 Å². The lowest BCUT2D eigenvalue weighted by molar-refractivity contribution is -0.145. The number of rotatable bonds is 3. The van der Waals surface area contributed by atoms with Crippen LogP contribution in [0.2, 0.25) is 0 Å². The van der Waals surface area contributed by atoms with Crippen LogP contribution in [-0.4, -0.2) is 66.7 Å². The molecule has 0 spiro atoms. The fourth-order valence-corrected chi connectivity index (χ4v) is 4.35. The predicted octanol–water partition coefficient (Wildman–Crippen LogP) is 2.00. The normalized spacial score (nSPS) is 32.8. The van der Waals surface area contributed by atoms with Gasteiger partial charge < -0.3 is 10.2 Å². The van der Waals surface area contributed by atoms with Crippen molar-refractivity contribution in [2.45, 2.75) is 56.8 Å². The molecule has 0 aromatic carbocycles. The number of halogens is 3. The minimum Gasteiger partial charge on any atom is -0.341 e. The topological polar surface area (TPSA) is 35.6 Å². The molecule has 3 heterocycles. The first-order chi connectivity index (χ1) is 10.9. The maximum absolute atomic E-state index is 12.5. The van der Waals surface area contributed by atoms with E-state index < -0.39 is 12.7 Å². The molecule has 2 bridgehead atoms. The summed E-state index contributed by atoms with van der Waals surface area (Å²) < 4.78 is 37.5. The molecule has 3 aliphatic rings. The van der Waals surface area contributed by atoms with E-state index in [1.807, 2.05) is 0 Å². The summed E-state index contributed by atoms with van der Waals surface area (Å²) in [4.78, 5) is 15.7. The van der Waals surface area contributed by atoms with Gasteiger partial charge >= 0.3 is 6.18 Å². The number of hydrogen-bond acceptors (Lipinski definition) is 3. The van der Waals surface area contributed by atoms with Gasteiger partial charge in [-0.2, -0.15) is 13.2 Å². The Morgan fingerprint density at radius 1 is 1.04 bits per heavy atom. The van der Waals surface area contributed by atoms with E-state index in [2.05, 4.69) is 5.32 Å². The van der Waals surface area contributed by atoms with Crippen molar-refractivity contribution in [1.29, 1.82) is 0 Å². The Balaban J connectivity index is 1.46. The van der Waals surface area contributed by atoms with Gasteiger partial charge in [-0.15, -0.1) is 0 Å². The third-order valence-corrected chi connectivity index (χ3v) is 5.38. The number of carbonyl (C=O) groups excluding carboxylic acids is 1. The highest BCUT2D eigenvalue weighted by atomic mass is 19.4. The molecule has 1 N–H and O–H groups in total. The van der Waals surface area contributed by atoms with Gasteiger partial charge in [0.25, 0.3) is 0 Å². The van der Waals surface area contributed by atoms with E-state index in [0.29, 0.717) is 57.0 Å². The summed E-state index contributed by atoms with van der Waals surface area (Å²) in [5, 5.41) is 3.57. The Morgan fingerprint density at radius 2 is 1.74 bits per heavy atom. The maximum Gasteiger partial charge on any atom is 0.401 e. The predicted molar refractivity (Wildman–Crippen MR) is 81.0 cm³/mol. The van der Waals surface area contributed by atoms with Crippen LogP contribution in [0.5, 0.6) is 0 Å². The molecule has 0 aromatic heterocycles. The van der Waals surface area contributed by atoms with Crippen LogP contribution in [0.1, 0.15) is 38.5 Å². The van der Waals surface area contributed by atoms with E-state index in [1.165, 1.54) is 17.7 Å². The van der Waals surface area contributed by atoms with Crippen LogP contribution in [0.25, 0.3) is 0 Å². The molecular weight excluding hydrogens is 307 g/mol.